The van der Waals surface area contributed by atoms with Crippen molar-refractivity contribution in [2.24, 2.45) is 0 Å². The molecule has 2 nitrogen and oxygen atoms in total. The summed E-state index contributed by atoms with van der Waals surface area (Å²) in [6.07, 6.45) is 1.84. The van der Waals surface area contributed by atoms with E-state index in [-0.39, 0.29) is 16.0 Å². The third-order valence-electron chi connectivity index (χ3n) is 5.15. The molecule has 0 atom stereocenters. The maximum atomic E-state index is 12.8. The second-order valence-electron chi connectivity index (χ2n) is 8.83. The largest absolute Gasteiger partial charge is 0.516 e. The molecule has 0 spiro atoms. The number of rotatable bonds is 3. The van der Waals surface area contributed by atoms with Gasteiger partial charge in [-0.25, -0.2) is 4.79 Å². The highest BCUT2D eigenvalue weighted by Gasteiger charge is 2.46. The molecule has 0 N–H and O–H groups in total. The molecule has 0 aromatic rings. The van der Waals surface area contributed by atoms with E-state index in [1.165, 1.54) is 0 Å². The highest BCUT2D eigenvalue weighted by molar-refractivity contribution is 6.91. The van der Waals surface area contributed by atoms with Gasteiger partial charge in [0.2, 0.25) is 0 Å². The Kier molecular flexibility index (Phi) is 6.10. The smallest absolute Gasteiger partial charge is 0.324 e. The Hall–Kier alpha value is -0.576. The molecular weight excluding hydrogens is 292 g/mol. The Morgan fingerprint density at radius 2 is 1.38 bits per heavy atom. The monoisotopic (exact) mass is 326 g/mol. The zero-order valence-electron chi connectivity index (χ0n) is 15.9. The first-order valence-electron chi connectivity index (χ1n) is 7.73. The summed E-state index contributed by atoms with van der Waals surface area (Å²) in [4.78, 5) is 12.8. The summed E-state index contributed by atoms with van der Waals surface area (Å²) < 4.78 is 6.01. The minimum atomic E-state index is -2.10. The van der Waals surface area contributed by atoms with Gasteiger partial charge in [0.15, 0.2) is 0 Å². The minimum absolute atomic E-state index is 0.0249. The van der Waals surface area contributed by atoms with Crippen molar-refractivity contribution in [3.8, 4) is 0 Å². The highest BCUT2D eigenvalue weighted by atomic mass is 28.4. The lowest BCUT2D eigenvalue weighted by Crippen LogP contribution is -2.48. The van der Waals surface area contributed by atoms with E-state index < -0.39 is 16.4 Å². The van der Waals surface area contributed by atoms with Gasteiger partial charge in [-0.05, 0) is 36.2 Å². The summed E-state index contributed by atoms with van der Waals surface area (Å²) in [6, 6.07) is 0. The van der Waals surface area contributed by atoms with E-state index in [9.17, 15) is 4.79 Å². The third-order valence-corrected chi connectivity index (χ3v) is 14.8. The summed E-state index contributed by atoms with van der Waals surface area (Å²) in [5, 5.41) is 0.893. The van der Waals surface area contributed by atoms with Crippen molar-refractivity contribution in [2.45, 2.75) is 84.7 Å². The predicted molar refractivity (Wildman–Crippen MR) is 97.8 cm³/mol. The molecule has 0 amide bonds. The molecule has 0 aliphatic heterocycles. The Balaban J connectivity index is 5.69. The fourth-order valence-electron chi connectivity index (χ4n) is 1.45. The predicted octanol–water partition coefficient (Wildman–Crippen LogP) is 5.68. The molecule has 0 saturated heterocycles. The molecule has 0 aromatic carbocycles. The van der Waals surface area contributed by atoms with Gasteiger partial charge in [0, 0.05) is 0 Å². The molecule has 0 aromatic heterocycles. The normalized spacial score (nSPS) is 13.5. The van der Waals surface area contributed by atoms with Crippen LogP contribution in [0.3, 0.4) is 0 Å². The van der Waals surface area contributed by atoms with Crippen molar-refractivity contribution < 1.29 is 9.22 Å². The number of carbonyl (C=O) groups excluding carboxylic acids is 1. The molecule has 0 bridgehead atoms. The molecule has 0 saturated carbocycles. The van der Waals surface area contributed by atoms with Crippen molar-refractivity contribution in [1.82, 2.24) is 0 Å². The first-order chi connectivity index (χ1) is 9.08. The lowest BCUT2D eigenvalue weighted by atomic mass is 10.2. The Morgan fingerprint density at radius 3 is 1.67 bits per heavy atom. The lowest BCUT2D eigenvalue weighted by Gasteiger charge is -2.40. The molecule has 122 valence electrons. The van der Waals surface area contributed by atoms with Crippen molar-refractivity contribution >= 4 is 22.4 Å². The number of hydrogen-bond donors (Lipinski definition) is 0. The van der Waals surface area contributed by atoms with Gasteiger partial charge in [0.25, 0.3) is 8.32 Å². The summed E-state index contributed by atoms with van der Waals surface area (Å²) in [6.45, 7) is 23.7. The number of carbonyl (C=O) groups is 1. The first-order valence-corrected chi connectivity index (χ1v) is 13.6. The molecule has 21 heavy (non-hydrogen) atoms. The van der Waals surface area contributed by atoms with Crippen LogP contribution in [0.15, 0.2) is 17.0 Å². The molecule has 0 aliphatic rings. The van der Waals surface area contributed by atoms with E-state index in [4.69, 9.17) is 4.43 Å². The van der Waals surface area contributed by atoms with Gasteiger partial charge in [-0.3, -0.25) is 0 Å². The maximum Gasteiger partial charge on any atom is 0.324 e. The zero-order valence-corrected chi connectivity index (χ0v) is 17.9. The van der Waals surface area contributed by atoms with Crippen LogP contribution in [0.1, 0.15) is 48.5 Å². The summed E-state index contributed by atoms with van der Waals surface area (Å²) in [5.41, 5.74) is 3.20. The third kappa shape index (κ3) is 4.70. The van der Waals surface area contributed by atoms with Crippen LogP contribution in [-0.2, 0) is 9.22 Å². The molecule has 0 unspecified atom stereocenters. The van der Waals surface area contributed by atoms with Gasteiger partial charge in [-0.15, -0.1) is 5.73 Å². The Bertz CT molecular complexity index is 454. The van der Waals surface area contributed by atoms with Crippen LogP contribution in [-0.4, -0.2) is 22.4 Å². The maximum absolute atomic E-state index is 12.8. The molecule has 4 heteroatoms. The van der Waals surface area contributed by atoms with Crippen molar-refractivity contribution in [1.29, 1.82) is 0 Å². The second kappa shape index (κ2) is 6.27. The van der Waals surface area contributed by atoms with Crippen LogP contribution in [0, 0.1) is 0 Å². The van der Waals surface area contributed by atoms with Gasteiger partial charge in [0.1, 0.15) is 8.07 Å². The van der Waals surface area contributed by atoms with Crippen LogP contribution in [0.25, 0.3) is 0 Å². The van der Waals surface area contributed by atoms with Crippen LogP contribution in [0.2, 0.25) is 36.3 Å². The van der Waals surface area contributed by atoms with Crippen molar-refractivity contribution in [2.75, 3.05) is 0 Å². The van der Waals surface area contributed by atoms with E-state index >= 15 is 0 Å². The van der Waals surface area contributed by atoms with Crippen LogP contribution < -0.4 is 0 Å². The fourth-order valence-corrected chi connectivity index (χ4v) is 4.24. The standard InChI is InChI=1S/C17H34O2Si2/c1-12-13-14(20(8,9)16(2,3)4)15(18)19-21(10,11)17(5,6)7/h12H,1-11H3. The number of hydrogen-bond acceptors (Lipinski definition) is 2. The lowest BCUT2D eigenvalue weighted by molar-refractivity contribution is -0.130. The topological polar surface area (TPSA) is 26.3 Å². The highest BCUT2D eigenvalue weighted by Crippen LogP contribution is 2.42. The Labute approximate surface area is 133 Å². The molecule has 0 rings (SSSR count). The fraction of sp³-hybridized carbons (Fsp3) is 0.765. The van der Waals surface area contributed by atoms with Gasteiger partial charge in [-0.2, -0.15) is 0 Å². The minimum Gasteiger partial charge on any atom is -0.516 e. The van der Waals surface area contributed by atoms with Crippen LogP contribution in [0.5, 0.6) is 0 Å². The van der Waals surface area contributed by atoms with Crippen molar-refractivity contribution in [3.63, 3.8) is 0 Å². The summed E-state index contributed by atoms with van der Waals surface area (Å²) >= 11 is 0. The van der Waals surface area contributed by atoms with Crippen molar-refractivity contribution in [3.05, 3.63) is 17.0 Å². The average Bonchev–Trinajstić information content (AvgIpc) is 2.21. The van der Waals surface area contributed by atoms with E-state index in [0.29, 0.717) is 0 Å². The summed E-state index contributed by atoms with van der Waals surface area (Å²) in [5.74, 6) is -0.147. The second-order valence-corrected chi connectivity index (χ2v) is 18.8. The van der Waals surface area contributed by atoms with E-state index in [2.05, 4.69) is 73.5 Å². The molecule has 0 aliphatic carbocycles. The molecule has 0 radical (unpaired) electrons. The van der Waals surface area contributed by atoms with Gasteiger partial charge in [0.05, 0.1) is 5.20 Å². The quantitative estimate of drug-likeness (QED) is 0.378. The van der Waals surface area contributed by atoms with E-state index in [1.54, 1.807) is 0 Å². The summed E-state index contributed by atoms with van der Waals surface area (Å²) in [7, 11) is -4.05. The SMILES string of the molecule is CC=C=C(C(=O)O[Si](C)(C)C(C)(C)C)[Si](C)(C)C(C)(C)C. The average molecular weight is 327 g/mol. The van der Waals surface area contributed by atoms with Gasteiger partial charge >= 0.3 is 5.97 Å². The van der Waals surface area contributed by atoms with Crippen LogP contribution >= 0.6 is 0 Å². The molecule has 0 fully saturated rings. The van der Waals surface area contributed by atoms with E-state index in [0.717, 1.165) is 5.20 Å². The first kappa shape index (κ1) is 20.4. The van der Waals surface area contributed by atoms with Gasteiger partial charge < -0.3 is 4.43 Å². The van der Waals surface area contributed by atoms with E-state index in [1.807, 2.05) is 13.0 Å². The van der Waals surface area contributed by atoms with Crippen LogP contribution in [0.4, 0.5) is 0 Å². The zero-order chi connectivity index (χ0) is 17.3. The molecule has 0 heterocycles. The Morgan fingerprint density at radius 1 is 0.952 bits per heavy atom. The van der Waals surface area contributed by atoms with Gasteiger partial charge in [-0.1, -0.05) is 54.6 Å². The molecular formula is C17H34O2Si2.